The van der Waals surface area contributed by atoms with Gasteiger partial charge in [0.25, 0.3) is 0 Å². The topological polar surface area (TPSA) is 43.7 Å². The van der Waals surface area contributed by atoms with Crippen LogP contribution < -0.4 is 4.90 Å². The molecule has 0 amide bonds. The second kappa shape index (κ2) is 5.24. The van der Waals surface area contributed by atoms with Crippen LogP contribution >= 0.6 is 0 Å². The van der Waals surface area contributed by atoms with Gasteiger partial charge in [0.2, 0.25) is 0 Å². The Balaban J connectivity index is 2.31. The maximum absolute atomic E-state index is 13.8. The van der Waals surface area contributed by atoms with Gasteiger partial charge in [-0.25, -0.2) is 4.39 Å². The fourth-order valence-corrected chi connectivity index (χ4v) is 2.57. The molecule has 1 heterocycles. The molecular weight excluding hydrogens is 233 g/mol. The Bertz CT molecular complexity index is 422. The molecule has 0 radical (unpaired) electrons. The minimum atomic E-state index is -0.830. The van der Waals surface area contributed by atoms with Gasteiger partial charge in [-0.15, -0.1) is 0 Å². The van der Waals surface area contributed by atoms with E-state index in [1.165, 1.54) is 6.07 Å². The predicted molar refractivity (Wildman–Crippen MR) is 69.0 cm³/mol. The van der Waals surface area contributed by atoms with Gasteiger partial charge in [-0.2, -0.15) is 0 Å². The number of hydrogen-bond donors (Lipinski definition) is 2. The molecular formula is C14H20FNO2. The predicted octanol–water partition coefficient (Wildman–Crippen LogP) is 2.09. The first kappa shape index (κ1) is 13.3. The van der Waals surface area contributed by atoms with Gasteiger partial charge < -0.3 is 15.1 Å². The van der Waals surface area contributed by atoms with Crippen molar-refractivity contribution in [2.24, 2.45) is 5.92 Å². The number of aliphatic hydroxyl groups excluding tert-OH is 2. The summed E-state index contributed by atoms with van der Waals surface area (Å²) in [5, 5.41) is 19.4. The second-order valence-corrected chi connectivity index (χ2v) is 5.13. The van der Waals surface area contributed by atoms with Crippen LogP contribution in [0.1, 0.15) is 31.9 Å². The van der Waals surface area contributed by atoms with Crippen molar-refractivity contribution in [3.63, 3.8) is 0 Å². The number of piperidine rings is 1. The third-order valence-corrected chi connectivity index (χ3v) is 3.65. The summed E-state index contributed by atoms with van der Waals surface area (Å²) in [5.41, 5.74) is 1.09. The highest BCUT2D eigenvalue weighted by Gasteiger charge is 2.27. The molecule has 1 saturated heterocycles. The molecule has 1 aliphatic rings. The van der Waals surface area contributed by atoms with Gasteiger partial charge in [-0.1, -0.05) is 13.0 Å². The Hall–Kier alpha value is -1.13. The van der Waals surface area contributed by atoms with Crippen molar-refractivity contribution in [2.45, 2.75) is 32.5 Å². The normalized spacial score (nSPS) is 26.2. The Morgan fingerprint density at radius 1 is 1.44 bits per heavy atom. The molecule has 0 aliphatic carbocycles. The van der Waals surface area contributed by atoms with Gasteiger partial charge in [-0.3, -0.25) is 0 Å². The SMILES string of the molecule is CC(O)c1c(F)cccc1N1CCC(O)C(C)C1. The maximum Gasteiger partial charge on any atom is 0.131 e. The number of halogens is 1. The van der Waals surface area contributed by atoms with Crippen LogP contribution in [0.25, 0.3) is 0 Å². The van der Waals surface area contributed by atoms with E-state index in [4.69, 9.17) is 0 Å². The van der Waals surface area contributed by atoms with Crippen molar-refractivity contribution in [1.82, 2.24) is 0 Å². The highest BCUT2D eigenvalue weighted by Crippen LogP contribution is 2.31. The number of rotatable bonds is 2. The molecule has 2 N–H and O–H groups in total. The molecule has 3 nitrogen and oxygen atoms in total. The highest BCUT2D eigenvalue weighted by molar-refractivity contribution is 5.55. The largest absolute Gasteiger partial charge is 0.393 e. The number of anilines is 1. The molecule has 2 rings (SSSR count). The standard InChI is InChI=1S/C14H20FNO2/c1-9-8-16(7-6-13(9)18)12-5-3-4-11(15)14(12)10(2)17/h3-5,9-10,13,17-18H,6-8H2,1-2H3. The summed E-state index contributed by atoms with van der Waals surface area (Å²) >= 11 is 0. The number of aliphatic hydroxyl groups is 2. The quantitative estimate of drug-likeness (QED) is 0.848. The average Bonchev–Trinajstić information content (AvgIpc) is 2.32. The summed E-state index contributed by atoms with van der Waals surface area (Å²) in [4.78, 5) is 2.04. The molecule has 1 aliphatic heterocycles. The van der Waals surface area contributed by atoms with E-state index in [1.807, 2.05) is 17.9 Å². The second-order valence-electron chi connectivity index (χ2n) is 5.13. The van der Waals surface area contributed by atoms with Gasteiger partial charge in [0.1, 0.15) is 5.82 Å². The monoisotopic (exact) mass is 253 g/mol. The van der Waals surface area contributed by atoms with Crippen LogP contribution in [0.5, 0.6) is 0 Å². The van der Waals surface area contributed by atoms with Crippen LogP contribution in [0, 0.1) is 11.7 Å². The van der Waals surface area contributed by atoms with Crippen molar-refractivity contribution >= 4 is 5.69 Å². The fourth-order valence-electron chi connectivity index (χ4n) is 2.57. The first-order valence-corrected chi connectivity index (χ1v) is 6.40. The fraction of sp³-hybridized carbons (Fsp3) is 0.571. The summed E-state index contributed by atoms with van der Waals surface area (Å²) in [6.07, 6.45) is -0.440. The van der Waals surface area contributed by atoms with E-state index in [0.29, 0.717) is 25.1 Å². The van der Waals surface area contributed by atoms with Crippen LogP contribution in [0.3, 0.4) is 0 Å². The summed E-state index contributed by atoms with van der Waals surface area (Å²) < 4.78 is 13.8. The lowest BCUT2D eigenvalue weighted by Crippen LogP contribution is -2.42. The molecule has 0 saturated carbocycles. The summed E-state index contributed by atoms with van der Waals surface area (Å²) in [6.45, 7) is 4.93. The zero-order valence-electron chi connectivity index (χ0n) is 10.8. The van der Waals surface area contributed by atoms with E-state index in [1.54, 1.807) is 13.0 Å². The van der Waals surface area contributed by atoms with Crippen molar-refractivity contribution in [3.8, 4) is 0 Å². The van der Waals surface area contributed by atoms with E-state index >= 15 is 0 Å². The highest BCUT2D eigenvalue weighted by atomic mass is 19.1. The van der Waals surface area contributed by atoms with Gasteiger partial charge in [0.05, 0.1) is 12.2 Å². The molecule has 1 aromatic rings. The van der Waals surface area contributed by atoms with Gasteiger partial charge >= 0.3 is 0 Å². The van der Waals surface area contributed by atoms with Crippen molar-refractivity contribution < 1.29 is 14.6 Å². The summed E-state index contributed by atoms with van der Waals surface area (Å²) in [5.74, 6) is -0.217. The maximum atomic E-state index is 13.8. The first-order valence-electron chi connectivity index (χ1n) is 6.40. The van der Waals surface area contributed by atoms with E-state index in [9.17, 15) is 14.6 Å². The number of hydrogen-bond acceptors (Lipinski definition) is 3. The zero-order valence-corrected chi connectivity index (χ0v) is 10.8. The first-order chi connectivity index (χ1) is 8.50. The van der Waals surface area contributed by atoms with Gasteiger partial charge in [0.15, 0.2) is 0 Å². The molecule has 3 atom stereocenters. The minimum absolute atomic E-state index is 0.156. The van der Waals surface area contributed by atoms with E-state index < -0.39 is 6.10 Å². The molecule has 18 heavy (non-hydrogen) atoms. The van der Waals surface area contributed by atoms with Crippen molar-refractivity contribution in [1.29, 1.82) is 0 Å². The molecule has 0 aromatic heterocycles. The lowest BCUT2D eigenvalue weighted by molar-refractivity contribution is 0.0968. The molecule has 0 bridgehead atoms. The lowest BCUT2D eigenvalue weighted by atomic mass is 9.95. The van der Waals surface area contributed by atoms with Crippen LogP contribution in [0.15, 0.2) is 18.2 Å². The Morgan fingerprint density at radius 2 is 2.17 bits per heavy atom. The summed E-state index contributed by atoms with van der Waals surface area (Å²) in [7, 11) is 0. The molecule has 3 unspecified atom stereocenters. The van der Waals surface area contributed by atoms with E-state index in [0.717, 1.165) is 5.69 Å². The third kappa shape index (κ3) is 2.49. The molecule has 0 spiro atoms. The Morgan fingerprint density at radius 3 is 2.78 bits per heavy atom. The van der Waals surface area contributed by atoms with Gasteiger partial charge in [-0.05, 0) is 31.4 Å². The molecule has 1 fully saturated rings. The van der Waals surface area contributed by atoms with Crippen LogP contribution in [-0.4, -0.2) is 29.4 Å². The van der Waals surface area contributed by atoms with Crippen molar-refractivity contribution in [2.75, 3.05) is 18.0 Å². The zero-order chi connectivity index (χ0) is 13.3. The van der Waals surface area contributed by atoms with Crippen LogP contribution in [0.2, 0.25) is 0 Å². The Kier molecular flexibility index (Phi) is 3.88. The number of benzene rings is 1. The Labute approximate surface area is 107 Å². The molecule has 1 aromatic carbocycles. The smallest absolute Gasteiger partial charge is 0.131 e. The van der Waals surface area contributed by atoms with E-state index in [-0.39, 0.29) is 17.8 Å². The van der Waals surface area contributed by atoms with Crippen LogP contribution in [-0.2, 0) is 0 Å². The molecule has 100 valence electrons. The van der Waals surface area contributed by atoms with Crippen LogP contribution in [0.4, 0.5) is 10.1 Å². The average molecular weight is 253 g/mol. The van der Waals surface area contributed by atoms with Crippen molar-refractivity contribution in [3.05, 3.63) is 29.6 Å². The third-order valence-electron chi connectivity index (χ3n) is 3.65. The van der Waals surface area contributed by atoms with Gasteiger partial charge in [0, 0.05) is 24.3 Å². The summed E-state index contributed by atoms with van der Waals surface area (Å²) in [6, 6.07) is 4.86. The minimum Gasteiger partial charge on any atom is -0.393 e. The van der Waals surface area contributed by atoms with E-state index in [2.05, 4.69) is 0 Å². The lowest BCUT2D eigenvalue weighted by Gasteiger charge is -2.37. The molecule has 4 heteroatoms. The number of nitrogens with zero attached hydrogens (tertiary/aromatic N) is 1.